The van der Waals surface area contributed by atoms with E-state index in [2.05, 4.69) is 16.7 Å². The first-order chi connectivity index (χ1) is 15.9. The smallest absolute Gasteiger partial charge is 0.325 e. The highest BCUT2D eigenvalue weighted by atomic mass is 32.1. The van der Waals surface area contributed by atoms with E-state index in [-0.39, 0.29) is 6.79 Å². The van der Waals surface area contributed by atoms with Crippen molar-refractivity contribution in [2.45, 2.75) is 44.6 Å². The van der Waals surface area contributed by atoms with Crippen molar-refractivity contribution in [1.29, 1.82) is 5.26 Å². The molecule has 1 aliphatic carbocycles. The SMILES string of the molecule is CC1(c2ccc3c(c2)OCO3)NC(=O)N(CC(=O)Nc2sc3c(c2C#N)CCCCC3)C1=O. The number of carbonyl (C=O) groups excluding carboxylic acids is 3. The first-order valence-corrected chi connectivity index (χ1v) is 11.6. The van der Waals surface area contributed by atoms with Gasteiger partial charge in [-0.3, -0.25) is 14.5 Å². The molecule has 0 saturated carbocycles. The lowest BCUT2D eigenvalue weighted by Crippen LogP contribution is -2.42. The fourth-order valence-corrected chi connectivity index (χ4v) is 5.76. The first-order valence-electron chi connectivity index (χ1n) is 10.8. The number of anilines is 1. The van der Waals surface area contributed by atoms with Crippen molar-refractivity contribution in [2.75, 3.05) is 18.7 Å². The number of nitrogens with zero attached hydrogens (tertiary/aromatic N) is 2. The van der Waals surface area contributed by atoms with E-state index in [0.717, 1.165) is 47.4 Å². The third-order valence-electron chi connectivity index (χ3n) is 6.31. The quantitative estimate of drug-likeness (QED) is 0.528. The standard InChI is InChI=1S/C23H22N4O5S/c1-23(13-7-8-16-17(9-13)32-12-31-16)21(29)27(22(30)26-23)11-19(28)25-20-15(10-24)14-5-3-2-4-6-18(14)33-20/h7-9H,2-6,11-12H2,1H3,(H,25,28)(H,26,30). The summed E-state index contributed by atoms with van der Waals surface area (Å²) in [6, 6.07) is 6.59. The van der Waals surface area contributed by atoms with Gasteiger partial charge in [0.25, 0.3) is 5.91 Å². The summed E-state index contributed by atoms with van der Waals surface area (Å²) in [5, 5.41) is 15.6. The number of rotatable bonds is 4. The normalized spacial score (nSPS) is 21.3. The van der Waals surface area contributed by atoms with E-state index in [4.69, 9.17) is 9.47 Å². The lowest BCUT2D eigenvalue weighted by molar-refractivity contribution is -0.133. The molecular formula is C23H22N4O5S. The Labute approximate surface area is 194 Å². The molecule has 0 radical (unpaired) electrons. The number of amides is 4. The lowest BCUT2D eigenvalue weighted by Gasteiger charge is -2.22. The highest BCUT2D eigenvalue weighted by Crippen LogP contribution is 2.39. The van der Waals surface area contributed by atoms with Crippen molar-refractivity contribution >= 4 is 34.2 Å². The number of benzene rings is 1. The number of urea groups is 1. The van der Waals surface area contributed by atoms with Crippen LogP contribution in [0.3, 0.4) is 0 Å². The van der Waals surface area contributed by atoms with Crippen molar-refractivity contribution in [1.82, 2.24) is 10.2 Å². The molecule has 1 aromatic carbocycles. The average Bonchev–Trinajstić information content (AvgIpc) is 3.39. The number of ether oxygens (including phenoxy) is 2. The molecule has 9 nitrogen and oxygen atoms in total. The minimum absolute atomic E-state index is 0.0962. The molecule has 33 heavy (non-hydrogen) atoms. The maximum absolute atomic E-state index is 13.2. The van der Waals surface area contributed by atoms with Crippen LogP contribution in [0.2, 0.25) is 0 Å². The lowest BCUT2D eigenvalue weighted by atomic mass is 9.91. The van der Waals surface area contributed by atoms with Crippen LogP contribution < -0.4 is 20.1 Å². The van der Waals surface area contributed by atoms with Crippen LogP contribution in [0.4, 0.5) is 9.80 Å². The van der Waals surface area contributed by atoms with Gasteiger partial charge in [-0.2, -0.15) is 5.26 Å². The number of hydrogen-bond acceptors (Lipinski definition) is 7. The molecule has 2 N–H and O–H groups in total. The Morgan fingerprint density at radius 3 is 2.85 bits per heavy atom. The van der Waals surface area contributed by atoms with E-state index in [1.807, 2.05) is 0 Å². The van der Waals surface area contributed by atoms with Crippen LogP contribution in [0, 0.1) is 11.3 Å². The predicted octanol–water partition coefficient (Wildman–Crippen LogP) is 3.02. The van der Waals surface area contributed by atoms with Gasteiger partial charge in [-0.05, 0) is 55.9 Å². The molecule has 1 fully saturated rings. The van der Waals surface area contributed by atoms with E-state index in [9.17, 15) is 19.6 Å². The van der Waals surface area contributed by atoms with Crippen LogP contribution in [0.25, 0.3) is 0 Å². The monoisotopic (exact) mass is 466 g/mol. The highest BCUT2D eigenvalue weighted by molar-refractivity contribution is 7.16. The van der Waals surface area contributed by atoms with E-state index < -0.39 is 29.9 Å². The van der Waals surface area contributed by atoms with Crippen molar-refractivity contribution < 1.29 is 23.9 Å². The molecule has 3 heterocycles. The molecule has 4 amide bonds. The zero-order chi connectivity index (χ0) is 23.2. The van der Waals surface area contributed by atoms with Gasteiger partial charge >= 0.3 is 6.03 Å². The van der Waals surface area contributed by atoms with Crippen LogP contribution in [0.15, 0.2) is 18.2 Å². The molecule has 0 spiro atoms. The number of carbonyl (C=O) groups is 3. The molecule has 3 aliphatic rings. The van der Waals surface area contributed by atoms with Crippen molar-refractivity contribution in [3.8, 4) is 17.6 Å². The van der Waals surface area contributed by atoms with Gasteiger partial charge in [0, 0.05) is 4.88 Å². The minimum Gasteiger partial charge on any atom is -0.454 e. The van der Waals surface area contributed by atoms with E-state index in [0.29, 0.717) is 27.6 Å². The maximum atomic E-state index is 13.2. The van der Waals surface area contributed by atoms with Crippen molar-refractivity contribution in [3.05, 3.63) is 39.8 Å². The molecule has 0 bridgehead atoms. The Morgan fingerprint density at radius 2 is 2.03 bits per heavy atom. The Bertz CT molecular complexity index is 1220. The summed E-state index contributed by atoms with van der Waals surface area (Å²) < 4.78 is 10.7. The molecule has 1 unspecified atom stereocenters. The highest BCUT2D eigenvalue weighted by Gasteiger charge is 2.50. The van der Waals surface area contributed by atoms with Gasteiger partial charge in [-0.25, -0.2) is 4.79 Å². The largest absolute Gasteiger partial charge is 0.454 e. The second-order valence-corrected chi connectivity index (χ2v) is 9.55. The summed E-state index contributed by atoms with van der Waals surface area (Å²) in [6.07, 6.45) is 4.93. The van der Waals surface area contributed by atoms with Gasteiger partial charge in [-0.15, -0.1) is 11.3 Å². The number of hydrogen-bond donors (Lipinski definition) is 2. The van der Waals surface area contributed by atoms with Gasteiger partial charge < -0.3 is 20.1 Å². The Kier molecular flexibility index (Phi) is 5.21. The number of imide groups is 1. The van der Waals surface area contributed by atoms with Crippen molar-refractivity contribution in [3.63, 3.8) is 0 Å². The second kappa shape index (κ2) is 8.08. The first kappa shape index (κ1) is 21.3. The molecule has 170 valence electrons. The minimum atomic E-state index is -1.34. The molecule has 2 aromatic rings. The third kappa shape index (κ3) is 3.58. The molecule has 2 aliphatic heterocycles. The second-order valence-electron chi connectivity index (χ2n) is 8.44. The van der Waals surface area contributed by atoms with E-state index in [1.54, 1.807) is 25.1 Å². The van der Waals surface area contributed by atoms with Gasteiger partial charge in [-0.1, -0.05) is 12.5 Å². The molecule has 10 heteroatoms. The summed E-state index contributed by atoms with van der Waals surface area (Å²) >= 11 is 1.41. The Hall–Kier alpha value is -3.58. The Morgan fingerprint density at radius 1 is 1.24 bits per heavy atom. The molecule has 1 aromatic heterocycles. The molecule has 1 saturated heterocycles. The molecule has 5 rings (SSSR count). The topological polar surface area (TPSA) is 121 Å². The number of aryl methyl sites for hydroxylation is 1. The zero-order valence-corrected chi connectivity index (χ0v) is 18.8. The van der Waals surface area contributed by atoms with Gasteiger partial charge in [0.05, 0.1) is 5.56 Å². The summed E-state index contributed by atoms with van der Waals surface area (Å²) in [4.78, 5) is 40.6. The fraction of sp³-hybridized carbons (Fsp3) is 0.391. The number of fused-ring (bicyclic) bond motifs is 2. The maximum Gasteiger partial charge on any atom is 0.325 e. The molecule has 1 atom stereocenters. The Balaban J connectivity index is 1.33. The number of nitrogens with one attached hydrogen (secondary N) is 2. The third-order valence-corrected chi connectivity index (χ3v) is 7.52. The summed E-state index contributed by atoms with van der Waals surface area (Å²) in [5.74, 6) is -0.00297. The van der Waals surface area contributed by atoms with Gasteiger partial charge in [0.1, 0.15) is 23.2 Å². The van der Waals surface area contributed by atoms with E-state index in [1.165, 1.54) is 11.3 Å². The number of nitriles is 1. The zero-order valence-electron chi connectivity index (χ0n) is 18.0. The predicted molar refractivity (Wildman–Crippen MR) is 119 cm³/mol. The van der Waals surface area contributed by atoms with Crippen LogP contribution in [0.5, 0.6) is 11.5 Å². The molecular weight excluding hydrogens is 444 g/mol. The van der Waals surface area contributed by atoms with Crippen LogP contribution in [-0.2, 0) is 28.0 Å². The van der Waals surface area contributed by atoms with Gasteiger partial charge in [0.15, 0.2) is 11.5 Å². The van der Waals surface area contributed by atoms with Gasteiger partial charge in [0.2, 0.25) is 12.7 Å². The summed E-state index contributed by atoms with van der Waals surface area (Å²) in [6.45, 7) is 1.24. The van der Waals surface area contributed by atoms with E-state index >= 15 is 0 Å². The van der Waals surface area contributed by atoms with Crippen molar-refractivity contribution in [2.24, 2.45) is 0 Å². The fourth-order valence-electron chi connectivity index (χ4n) is 4.50. The average molecular weight is 467 g/mol. The van der Waals surface area contributed by atoms with Crippen LogP contribution in [-0.4, -0.2) is 36.1 Å². The number of thiophene rings is 1. The summed E-state index contributed by atoms with van der Waals surface area (Å²) in [5.41, 5.74) is 0.700. The van der Waals surface area contributed by atoms with Crippen LogP contribution in [0.1, 0.15) is 47.8 Å². The summed E-state index contributed by atoms with van der Waals surface area (Å²) in [7, 11) is 0. The van der Waals surface area contributed by atoms with Crippen LogP contribution >= 0.6 is 11.3 Å².